The third-order valence-corrected chi connectivity index (χ3v) is 4.33. The first-order chi connectivity index (χ1) is 9.15. The molecule has 1 aromatic carbocycles. The Morgan fingerprint density at radius 2 is 2.21 bits per heavy atom. The van der Waals surface area contributed by atoms with Crippen LogP contribution in [0, 0.1) is 5.92 Å². The Labute approximate surface area is 122 Å². The summed E-state index contributed by atoms with van der Waals surface area (Å²) in [7, 11) is 2.22. The molecule has 3 heteroatoms. The van der Waals surface area contributed by atoms with Gasteiger partial charge in [0.15, 0.2) is 0 Å². The standard InChI is InChI=1S/C16H25ClN2/c1-13(10-15-7-3-4-8-16(15)17)18-11-14-6-5-9-19(2)12-14/h3-4,7-8,13-14,18H,5-6,9-12H2,1-2H3. The van der Waals surface area contributed by atoms with Gasteiger partial charge in [-0.2, -0.15) is 0 Å². The molecule has 0 aliphatic carbocycles. The van der Waals surface area contributed by atoms with Crippen LogP contribution in [0.3, 0.4) is 0 Å². The lowest BCUT2D eigenvalue weighted by molar-refractivity contribution is 0.203. The molecule has 0 bridgehead atoms. The molecule has 0 saturated carbocycles. The van der Waals surface area contributed by atoms with Gasteiger partial charge in [0.2, 0.25) is 0 Å². The average molecular weight is 281 g/mol. The molecular weight excluding hydrogens is 256 g/mol. The second-order valence-corrected chi connectivity index (χ2v) is 6.28. The summed E-state index contributed by atoms with van der Waals surface area (Å²) < 4.78 is 0. The zero-order valence-electron chi connectivity index (χ0n) is 12.0. The minimum absolute atomic E-state index is 0.479. The number of benzene rings is 1. The van der Waals surface area contributed by atoms with Gasteiger partial charge < -0.3 is 10.2 Å². The zero-order chi connectivity index (χ0) is 13.7. The molecule has 1 N–H and O–H groups in total. The first-order valence-electron chi connectivity index (χ1n) is 7.30. The van der Waals surface area contributed by atoms with Crippen LogP contribution in [-0.2, 0) is 6.42 Å². The maximum atomic E-state index is 6.20. The molecular formula is C16H25ClN2. The highest BCUT2D eigenvalue weighted by Gasteiger charge is 2.17. The van der Waals surface area contributed by atoms with E-state index in [1.54, 1.807) is 0 Å². The Bertz CT molecular complexity index is 394. The van der Waals surface area contributed by atoms with Crippen LogP contribution < -0.4 is 5.32 Å². The van der Waals surface area contributed by atoms with Crippen LogP contribution in [-0.4, -0.2) is 37.6 Å². The predicted octanol–water partition coefficient (Wildman–Crippen LogP) is 3.20. The highest BCUT2D eigenvalue weighted by molar-refractivity contribution is 6.31. The van der Waals surface area contributed by atoms with Crippen molar-refractivity contribution in [1.29, 1.82) is 0 Å². The largest absolute Gasteiger partial charge is 0.314 e. The van der Waals surface area contributed by atoms with Crippen molar-refractivity contribution in [2.24, 2.45) is 5.92 Å². The van der Waals surface area contributed by atoms with Crippen molar-refractivity contribution in [1.82, 2.24) is 10.2 Å². The van der Waals surface area contributed by atoms with Gasteiger partial charge in [0.25, 0.3) is 0 Å². The summed E-state index contributed by atoms with van der Waals surface area (Å²) in [5, 5.41) is 4.55. The van der Waals surface area contributed by atoms with Crippen LogP contribution in [0.25, 0.3) is 0 Å². The molecule has 1 aromatic rings. The van der Waals surface area contributed by atoms with Crippen LogP contribution in [0.15, 0.2) is 24.3 Å². The second-order valence-electron chi connectivity index (χ2n) is 5.88. The number of hydrogen-bond donors (Lipinski definition) is 1. The number of halogens is 1. The molecule has 0 spiro atoms. The minimum Gasteiger partial charge on any atom is -0.314 e. The lowest BCUT2D eigenvalue weighted by Crippen LogP contribution is -2.40. The van der Waals surface area contributed by atoms with Crippen molar-refractivity contribution in [3.8, 4) is 0 Å². The molecule has 19 heavy (non-hydrogen) atoms. The monoisotopic (exact) mass is 280 g/mol. The number of nitrogens with one attached hydrogen (secondary N) is 1. The number of rotatable bonds is 5. The van der Waals surface area contributed by atoms with E-state index in [1.807, 2.05) is 12.1 Å². The summed E-state index contributed by atoms with van der Waals surface area (Å²) in [6.45, 7) is 5.85. The highest BCUT2D eigenvalue weighted by Crippen LogP contribution is 2.17. The summed E-state index contributed by atoms with van der Waals surface area (Å²) in [6, 6.07) is 8.62. The van der Waals surface area contributed by atoms with Gasteiger partial charge in [0.1, 0.15) is 0 Å². The van der Waals surface area contributed by atoms with Crippen molar-refractivity contribution in [2.75, 3.05) is 26.7 Å². The number of nitrogens with zero attached hydrogens (tertiary/aromatic N) is 1. The molecule has 1 saturated heterocycles. The fourth-order valence-electron chi connectivity index (χ4n) is 2.87. The lowest BCUT2D eigenvalue weighted by atomic mass is 9.98. The Hall–Kier alpha value is -0.570. The third-order valence-electron chi connectivity index (χ3n) is 3.96. The highest BCUT2D eigenvalue weighted by atomic mass is 35.5. The number of hydrogen-bond acceptors (Lipinski definition) is 2. The van der Waals surface area contributed by atoms with E-state index in [0.717, 1.165) is 23.9 Å². The van der Waals surface area contributed by atoms with Crippen LogP contribution in [0.4, 0.5) is 0 Å². The Kier molecular flexibility index (Phi) is 5.68. The molecule has 2 atom stereocenters. The van der Waals surface area contributed by atoms with Crippen molar-refractivity contribution in [3.63, 3.8) is 0 Å². The van der Waals surface area contributed by atoms with Gasteiger partial charge in [-0.05, 0) is 63.9 Å². The van der Waals surface area contributed by atoms with Gasteiger partial charge in [-0.1, -0.05) is 29.8 Å². The first kappa shape index (κ1) is 14.8. The van der Waals surface area contributed by atoms with Gasteiger partial charge in [0, 0.05) is 17.6 Å². The van der Waals surface area contributed by atoms with Gasteiger partial charge in [0.05, 0.1) is 0 Å². The average Bonchev–Trinajstić information content (AvgIpc) is 2.39. The quantitative estimate of drug-likeness (QED) is 0.891. The molecule has 0 amide bonds. The van der Waals surface area contributed by atoms with Gasteiger partial charge >= 0.3 is 0 Å². The first-order valence-corrected chi connectivity index (χ1v) is 7.68. The fourth-order valence-corrected chi connectivity index (χ4v) is 3.09. The Morgan fingerprint density at radius 1 is 1.42 bits per heavy atom. The lowest BCUT2D eigenvalue weighted by Gasteiger charge is -2.30. The summed E-state index contributed by atoms with van der Waals surface area (Å²) in [5.74, 6) is 0.799. The zero-order valence-corrected chi connectivity index (χ0v) is 12.8. The van der Waals surface area contributed by atoms with Crippen molar-refractivity contribution >= 4 is 11.6 Å². The van der Waals surface area contributed by atoms with E-state index in [4.69, 9.17) is 11.6 Å². The molecule has 1 aliphatic rings. The Balaban J connectivity index is 1.75. The van der Waals surface area contributed by atoms with Gasteiger partial charge in [-0.3, -0.25) is 0 Å². The summed E-state index contributed by atoms with van der Waals surface area (Å²) in [4.78, 5) is 2.44. The van der Waals surface area contributed by atoms with Crippen molar-refractivity contribution in [3.05, 3.63) is 34.9 Å². The van der Waals surface area contributed by atoms with E-state index in [2.05, 4.69) is 36.3 Å². The van der Waals surface area contributed by atoms with Gasteiger partial charge in [-0.15, -0.1) is 0 Å². The molecule has 1 aliphatic heterocycles. The van der Waals surface area contributed by atoms with Gasteiger partial charge in [-0.25, -0.2) is 0 Å². The smallest absolute Gasteiger partial charge is 0.0438 e. The van der Waals surface area contributed by atoms with Crippen LogP contribution in [0.1, 0.15) is 25.3 Å². The Morgan fingerprint density at radius 3 is 2.95 bits per heavy atom. The van der Waals surface area contributed by atoms with Crippen LogP contribution in [0.5, 0.6) is 0 Å². The van der Waals surface area contributed by atoms with E-state index in [9.17, 15) is 0 Å². The van der Waals surface area contributed by atoms with Crippen LogP contribution >= 0.6 is 11.6 Å². The molecule has 2 unspecified atom stereocenters. The second kappa shape index (κ2) is 7.28. The summed E-state index contributed by atoms with van der Waals surface area (Å²) >= 11 is 6.20. The van der Waals surface area contributed by atoms with E-state index >= 15 is 0 Å². The summed E-state index contributed by atoms with van der Waals surface area (Å²) in [6.07, 6.45) is 3.69. The molecule has 0 radical (unpaired) electrons. The predicted molar refractivity (Wildman–Crippen MR) is 82.8 cm³/mol. The molecule has 2 rings (SSSR count). The van der Waals surface area contributed by atoms with Crippen LogP contribution in [0.2, 0.25) is 5.02 Å². The van der Waals surface area contributed by atoms with E-state index in [-0.39, 0.29) is 0 Å². The van der Waals surface area contributed by atoms with Crippen molar-refractivity contribution < 1.29 is 0 Å². The van der Waals surface area contributed by atoms with Crippen molar-refractivity contribution in [2.45, 2.75) is 32.2 Å². The minimum atomic E-state index is 0.479. The SMILES string of the molecule is CC(Cc1ccccc1Cl)NCC1CCCN(C)C1. The summed E-state index contributed by atoms with van der Waals surface area (Å²) in [5.41, 5.74) is 1.24. The maximum absolute atomic E-state index is 6.20. The maximum Gasteiger partial charge on any atom is 0.0438 e. The molecule has 106 valence electrons. The number of likely N-dealkylation sites (tertiary alicyclic amines) is 1. The number of piperidine rings is 1. The fraction of sp³-hybridized carbons (Fsp3) is 0.625. The van der Waals surface area contributed by atoms with E-state index < -0.39 is 0 Å². The third kappa shape index (κ3) is 4.79. The molecule has 2 nitrogen and oxygen atoms in total. The molecule has 1 fully saturated rings. The molecule has 1 heterocycles. The topological polar surface area (TPSA) is 15.3 Å². The van der Waals surface area contributed by atoms with E-state index in [1.165, 1.54) is 31.5 Å². The molecule has 0 aromatic heterocycles. The van der Waals surface area contributed by atoms with E-state index in [0.29, 0.717) is 6.04 Å². The normalized spacial score (nSPS) is 22.4.